The molecule has 0 aliphatic rings. The number of allylic oxidation sites excluding steroid dienone is 2. The van der Waals surface area contributed by atoms with Crippen LogP contribution in [0, 0.1) is 22.7 Å². The summed E-state index contributed by atoms with van der Waals surface area (Å²) in [4.78, 5) is 0. The van der Waals surface area contributed by atoms with E-state index in [9.17, 15) is 0 Å². The van der Waals surface area contributed by atoms with Crippen molar-refractivity contribution in [3.05, 3.63) is 24.7 Å². The second kappa shape index (κ2) is 7.77. The first-order valence-corrected chi connectivity index (χ1v) is 7.48. The van der Waals surface area contributed by atoms with Gasteiger partial charge in [0.2, 0.25) is 0 Å². The minimum atomic E-state index is 0.376. The van der Waals surface area contributed by atoms with Gasteiger partial charge < -0.3 is 4.74 Å². The summed E-state index contributed by atoms with van der Waals surface area (Å²) in [6.07, 6.45) is 10.3. The van der Waals surface area contributed by atoms with E-state index in [1.807, 2.05) is 12.5 Å². The number of rotatable bonds is 6. The van der Waals surface area contributed by atoms with E-state index < -0.39 is 0 Å². The fraction of sp³-hybridized carbons (Fsp3) is 0.778. The maximum absolute atomic E-state index is 5.44. The van der Waals surface area contributed by atoms with E-state index in [1.54, 1.807) is 0 Å². The molecule has 0 aromatic carbocycles. The molecule has 0 radical (unpaired) electrons. The van der Waals surface area contributed by atoms with Gasteiger partial charge in [0, 0.05) is 0 Å². The van der Waals surface area contributed by atoms with E-state index in [4.69, 9.17) is 4.74 Å². The molecule has 0 N–H and O–H groups in total. The zero-order chi connectivity index (χ0) is 15.1. The van der Waals surface area contributed by atoms with E-state index in [0.717, 1.165) is 0 Å². The van der Waals surface area contributed by atoms with E-state index in [0.29, 0.717) is 22.7 Å². The molecule has 0 saturated heterocycles. The molecule has 2 atom stereocenters. The molecule has 0 amide bonds. The van der Waals surface area contributed by atoms with Crippen molar-refractivity contribution in [2.75, 3.05) is 0 Å². The Balaban J connectivity index is 3.96. The Bertz CT molecular complexity index is 256. The molecule has 1 heteroatoms. The Morgan fingerprint density at radius 2 is 1.05 bits per heavy atom. The molecular weight excluding hydrogens is 232 g/mol. The molecule has 0 aromatic heterocycles. The van der Waals surface area contributed by atoms with Crippen LogP contribution in [-0.4, -0.2) is 0 Å². The van der Waals surface area contributed by atoms with Crippen molar-refractivity contribution in [3.63, 3.8) is 0 Å². The van der Waals surface area contributed by atoms with Gasteiger partial charge in [0.1, 0.15) is 0 Å². The highest BCUT2D eigenvalue weighted by atomic mass is 16.5. The molecule has 0 saturated carbocycles. The molecule has 0 rings (SSSR count). The summed E-state index contributed by atoms with van der Waals surface area (Å²) in [5.41, 5.74) is 0.752. The van der Waals surface area contributed by atoms with E-state index in [2.05, 4.69) is 67.5 Å². The highest BCUT2D eigenvalue weighted by molar-refractivity contribution is 4.88. The van der Waals surface area contributed by atoms with Gasteiger partial charge in [0.15, 0.2) is 0 Å². The minimum Gasteiger partial charge on any atom is -0.473 e. The highest BCUT2D eigenvalue weighted by Gasteiger charge is 2.13. The van der Waals surface area contributed by atoms with Crippen molar-refractivity contribution in [2.45, 2.75) is 68.2 Å². The fourth-order valence-corrected chi connectivity index (χ4v) is 2.47. The van der Waals surface area contributed by atoms with E-state index >= 15 is 0 Å². The number of ether oxygens (including phenoxy) is 1. The van der Waals surface area contributed by atoms with Crippen LogP contribution in [0.15, 0.2) is 24.7 Å². The normalized spacial score (nSPS) is 17.1. The lowest BCUT2D eigenvalue weighted by Crippen LogP contribution is -2.09. The van der Waals surface area contributed by atoms with Gasteiger partial charge in [0.25, 0.3) is 0 Å². The molecule has 19 heavy (non-hydrogen) atoms. The van der Waals surface area contributed by atoms with E-state index in [1.165, 1.54) is 12.8 Å². The summed E-state index contributed by atoms with van der Waals surface area (Å²) in [7, 11) is 0. The minimum absolute atomic E-state index is 0.376. The lowest BCUT2D eigenvalue weighted by molar-refractivity contribution is 0.324. The van der Waals surface area contributed by atoms with Gasteiger partial charge >= 0.3 is 0 Å². The Labute approximate surface area is 121 Å². The summed E-state index contributed by atoms with van der Waals surface area (Å²) in [5.74, 6) is 1.11. The summed E-state index contributed by atoms with van der Waals surface area (Å²) in [5, 5.41) is 0. The Morgan fingerprint density at radius 3 is 1.32 bits per heavy atom. The Kier molecular flexibility index (Phi) is 7.47. The SMILES string of the molecule is CC(C=COC=CC(C)CC(C)(C)C)CC(C)(C)C. The molecule has 2 unspecified atom stereocenters. The van der Waals surface area contributed by atoms with Gasteiger partial charge in [-0.05, 0) is 47.7 Å². The molecule has 1 nitrogen and oxygen atoms in total. The van der Waals surface area contributed by atoms with Crippen molar-refractivity contribution in [3.8, 4) is 0 Å². The molecule has 0 aliphatic carbocycles. The van der Waals surface area contributed by atoms with Crippen LogP contribution >= 0.6 is 0 Å². The predicted octanol–water partition coefficient (Wildman–Crippen LogP) is 6.18. The van der Waals surface area contributed by atoms with Crippen LogP contribution in [-0.2, 0) is 4.74 Å². The van der Waals surface area contributed by atoms with Gasteiger partial charge in [-0.2, -0.15) is 0 Å². The zero-order valence-corrected chi connectivity index (χ0v) is 14.3. The topological polar surface area (TPSA) is 9.23 Å². The average Bonchev–Trinajstić information content (AvgIpc) is 2.10. The number of hydrogen-bond acceptors (Lipinski definition) is 1. The lowest BCUT2D eigenvalue weighted by atomic mass is 9.85. The van der Waals surface area contributed by atoms with Crippen molar-refractivity contribution >= 4 is 0 Å². The first-order valence-electron chi connectivity index (χ1n) is 7.48. The zero-order valence-electron chi connectivity index (χ0n) is 14.3. The van der Waals surface area contributed by atoms with Gasteiger partial charge in [-0.15, -0.1) is 0 Å². The smallest absolute Gasteiger partial charge is 0.0864 e. The standard InChI is InChI=1S/C18H34O/c1-15(13-17(3,4)5)9-11-19-12-10-16(2)14-18(6,7)8/h9-12,15-16H,13-14H2,1-8H3. The van der Waals surface area contributed by atoms with Gasteiger partial charge in [0.05, 0.1) is 12.5 Å². The summed E-state index contributed by atoms with van der Waals surface area (Å²) >= 11 is 0. The van der Waals surface area contributed by atoms with Crippen LogP contribution < -0.4 is 0 Å². The van der Waals surface area contributed by atoms with E-state index in [-0.39, 0.29) is 0 Å². The Morgan fingerprint density at radius 1 is 0.737 bits per heavy atom. The van der Waals surface area contributed by atoms with Crippen LogP contribution in [0.1, 0.15) is 68.2 Å². The van der Waals surface area contributed by atoms with Crippen molar-refractivity contribution in [1.82, 2.24) is 0 Å². The molecule has 0 heterocycles. The summed E-state index contributed by atoms with van der Waals surface area (Å²) in [6, 6.07) is 0. The first-order chi connectivity index (χ1) is 8.49. The van der Waals surface area contributed by atoms with Crippen LogP contribution in [0.3, 0.4) is 0 Å². The van der Waals surface area contributed by atoms with Crippen LogP contribution in [0.4, 0.5) is 0 Å². The third kappa shape index (κ3) is 13.5. The maximum Gasteiger partial charge on any atom is 0.0864 e. The molecule has 0 bridgehead atoms. The van der Waals surface area contributed by atoms with Crippen LogP contribution in [0.2, 0.25) is 0 Å². The molecular formula is C18H34O. The van der Waals surface area contributed by atoms with Crippen LogP contribution in [0.25, 0.3) is 0 Å². The van der Waals surface area contributed by atoms with Gasteiger partial charge in [-0.3, -0.25) is 0 Å². The second-order valence-electron chi connectivity index (χ2n) is 8.28. The molecule has 0 spiro atoms. The van der Waals surface area contributed by atoms with Crippen molar-refractivity contribution in [2.24, 2.45) is 22.7 Å². The number of hydrogen-bond donors (Lipinski definition) is 0. The molecule has 0 aliphatic heterocycles. The van der Waals surface area contributed by atoms with Crippen LogP contribution in [0.5, 0.6) is 0 Å². The quantitative estimate of drug-likeness (QED) is 0.522. The third-order valence-corrected chi connectivity index (χ3v) is 2.84. The maximum atomic E-state index is 5.44. The first kappa shape index (κ1) is 18.3. The predicted molar refractivity (Wildman–Crippen MR) is 85.8 cm³/mol. The molecule has 0 aromatic rings. The largest absolute Gasteiger partial charge is 0.473 e. The Hall–Kier alpha value is -0.720. The van der Waals surface area contributed by atoms with Gasteiger partial charge in [-0.1, -0.05) is 55.4 Å². The van der Waals surface area contributed by atoms with Crippen molar-refractivity contribution in [1.29, 1.82) is 0 Å². The average molecular weight is 266 g/mol. The highest BCUT2D eigenvalue weighted by Crippen LogP contribution is 2.25. The molecule has 0 fully saturated rings. The second-order valence-corrected chi connectivity index (χ2v) is 8.28. The van der Waals surface area contributed by atoms with Gasteiger partial charge in [-0.25, -0.2) is 0 Å². The fourth-order valence-electron chi connectivity index (χ4n) is 2.47. The summed E-state index contributed by atoms with van der Waals surface area (Å²) < 4.78 is 5.44. The monoisotopic (exact) mass is 266 g/mol. The molecule has 112 valence electrons. The summed E-state index contributed by atoms with van der Waals surface area (Å²) in [6.45, 7) is 18.1. The third-order valence-electron chi connectivity index (χ3n) is 2.84. The van der Waals surface area contributed by atoms with Crippen molar-refractivity contribution < 1.29 is 4.74 Å². The lowest BCUT2D eigenvalue weighted by Gasteiger charge is -2.21.